The largest absolute Gasteiger partial charge is 0.466 e. The number of ether oxygens (including phenoxy) is 1. The second-order valence-corrected chi connectivity index (χ2v) is 2.97. The van der Waals surface area contributed by atoms with Crippen molar-refractivity contribution in [3.63, 3.8) is 0 Å². The van der Waals surface area contributed by atoms with Crippen LogP contribution in [0, 0.1) is 11.8 Å². The number of hydrogen-bond acceptors (Lipinski definition) is 2. The summed E-state index contributed by atoms with van der Waals surface area (Å²) in [6.07, 6.45) is 0.918. The molecule has 1 rings (SSSR count). The zero-order valence-electron chi connectivity index (χ0n) is 8.82. The minimum absolute atomic E-state index is 0.181. The first kappa shape index (κ1) is 11.3. The third kappa shape index (κ3) is 4.87. The SMILES string of the molecule is CCOC(=O)CCC#Cc1ccccc1. The number of esters is 1. The van der Waals surface area contributed by atoms with E-state index in [1.165, 1.54) is 0 Å². The molecule has 0 aromatic heterocycles. The van der Waals surface area contributed by atoms with Crippen LogP contribution in [-0.2, 0) is 9.53 Å². The number of hydrogen-bond donors (Lipinski definition) is 0. The Balaban J connectivity index is 2.32. The molecule has 0 saturated carbocycles. The van der Waals surface area contributed by atoms with Crippen molar-refractivity contribution in [1.29, 1.82) is 0 Å². The van der Waals surface area contributed by atoms with E-state index in [1.54, 1.807) is 6.92 Å². The fourth-order valence-electron chi connectivity index (χ4n) is 1.08. The maximum atomic E-state index is 11.0. The third-order valence-corrected chi connectivity index (χ3v) is 1.77. The Kier molecular flexibility index (Phi) is 5.03. The van der Waals surface area contributed by atoms with E-state index < -0.39 is 0 Å². The van der Waals surface area contributed by atoms with Crippen LogP contribution < -0.4 is 0 Å². The van der Waals surface area contributed by atoms with Crippen LogP contribution in [0.15, 0.2) is 30.3 Å². The van der Waals surface area contributed by atoms with Gasteiger partial charge in [0.25, 0.3) is 0 Å². The first-order chi connectivity index (χ1) is 7.33. The van der Waals surface area contributed by atoms with Crippen molar-refractivity contribution >= 4 is 5.97 Å². The van der Waals surface area contributed by atoms with Crippen molar-refractivity contribution < 1.29 is 9.53 Å². The van der Waals surface area contributed by atoms with E-state index >= 15 is 0 Å². The number of rotatable bonds is 3. The van der Waals surface area contributed by atoms with Gasteiger partial charge in [0.15, 0.2) is 0 Å². The molecule has 0 spiro atoms. The van der Waals surface area contributed by atoms with Crippen LogP contribution in [0.2, 0.25) is 0 Å². The van der Waals surface area contributed by atoms with Gasteiger partial charge < -0.3 is 4.74 Å². The van der Waals surface area contributed by atoms with Gasteiger partial charge in [-0.25, -0.2) is 0 Å². The summed E-state index contributed by atoms with van der Waals surface area (Å²) in [6.45, 7) is 2.23. The summed E-state index contributed by atoms with van der Waals surface area (Å²) in [5, 5.41) is 0. The Morgan fingerprint density at radius 1 is 1.33 bits per heavy atom. The van der Waals surface area contributed by atoms with Crippen LogP contribution in [0.3, 0.4) is 0 Å². The molecule has 1 aromatic carbocycles. The van der Waals surface area contributed by atoms with Gasteiger partial charge in [-0.15, -0.1) is 0 Å². The zero-order chi connectivity index (χ0) is 10.9. The quantitative estimate of drug-likeness (QED) is 0.555. The van der Waals surface area contributed by atoms with Crippen LogP contribution in [0.4, 0.5) is 0 Å². The van der Waals surface area contributed by atoms with Crippen molar-refractivity contribution in [2.24, 2.45) is 0 Å². The van der Waals surface area contributed by atoms with Crippen molar-refractivity contribution in [2.75, 3.05) is 6.61 Å². The van der Waals surface area contributed by atoms with E-state index in [1.807, 2.05) is 30.3 Å². The summed E-state index contributed by atoms with van der Waals surface area (Å²) in [5.74, 6) is 5.74. The lowest BCUT2D eigenvalue weighted by Crippen LogP contribution is -2.02. The normalized spacial score (nSPS) is 8.87. The molecule has 0 amide bonds. The van der Waals surface area contributed by atoms with Gasteiger partial charge in [0.05, 0.1) is 13.0 Å². The monoisotopic (exact) mass is 202 g/mol. The summed E-state index contributed by atoms with van der Waals surface area (Å²) < 4.78 is 4.79. The third-order valence-electron chi connectivity index (χ3n) is 1.77. The molecule has 0 aliphatic heterocycles. The fraction of sp³-hybridized carbons (Fsp3) is 0.308. The van der Waals surface area contributed by atoms with Gasteiger partial charge in [-0.2, -0.15) is 0 Å². The molecule has 0 fully saturated rings. The first-order valence-corrected chi connectivity index (χ1v) is 5.02. The Labute approximate surface area is 90.3 Å². The molecule has 78 valence electrons. The highest BCUT2D eigenvalue weighted by Gasteiger charge is 1.97. The van der Waals surface area contributed by atoms with Crippen molar-refractivity contribution in [3.8, 4) is 11.8 Å². The molecule has 0 bridgehead atoms. The summed E-state index contributed by atoms with van der Waals surface area (Å²) in [5.41, 5.74) is 0.973. The van der Waals surface area contributed by atoms with Crippen LogP contribution in [-0.4, -0.2) is 12.6 Å². The number of carbonyl (C=O) groups excluding carboxylic acids is 1. The highest BCUT2D eigenvalue weighted by atomic mass is 16.5. The average molecular weight is 202 g/mol. The molecule has 0 radical (unpaired) electrons. The van der Waals surface area contributed by atoms with Gasteiger partial charge in [0.2, 0.25) is 0 Å². The highest BCUT2D eigenvalue weighted by Crippen LogP contribution is 1.96. The Morgan fingerprint density at radius 2 is 2.07 bits per heavy atom. The summed E-state index contributed by atoms with van der Waals surface area (Å²) in [6, 6.07) is 9.71. The van der Waals surface area contributed by atoms with Crippen LogP contribution in [0.1, 0.15) is 25.3 Å². The van der Waals surface area contributed by atoms with Gasteiger partial charge in [-0.1, -0.05) is 30.0 Å². The van der Waals surface area contributed by atoms with Crippen LogP contribution in [0.5, 0.6) is 0 Å². The number of benzene rings is 1. The Hall–Kier alpha value is -1.75. The van der Waals surface area contributed by atoms with Crippen molar-refractivity contribution in [1.82, 2.24) is 0 Å². The standard InChI is InChI=1S/C13H14O2/c1-2-15-13(14)11-7-6-10-12-8-4-3-5-9-12/h3-5,8-9H,2,7,11H2,1H3. The first-order valence-electron chi connectivity index (χ1n) is 5.02. The van der Waals surface area contributed by atoms with E-state index in [-0.39, 0.29) is 5.97 Å². The molecule has 0 heterocycles. The van der Waals surface area contributed by atoms with E-state index in [0.717, 1.165) is 5.56 Å². The predicted molar refractivity (Wildman–Crippen MR) is 59.2 cm³/mol. The van der Waals surface area contributed by atoms with E-state index in [9.17, 15) is 4.79 Å². The lowest BCUT2D eigenvalue weighted by Gasteiger charge is -1.96. The van der Waals surface area contributed by atoms with Gasteiger partial charge in [0, 0.05) is 12.0 Å². The van der Waals surface area contributed by atoms with Crippen molar-refractivity contribution in [3.05, 3.63) is 35.9 Å². The molecule has 0 N–H and O–H groups in total. The summed E-state index contributed by atoms with van der Waals surface area (Å²) >= 11 is 0. The second-order valence-electron chi connectivity index (χ2n) is 2.97. The van der Waals surface area contributed by atoms with E-state index in [2.05, 4.69) is 11.8 Å². The molecule has 0 aliphatic rings. The van der Waals surface area contributed by atoms with Gasteiger partial charge in [0.1, 0.15) is 0 Å². The predicted octanol–water partition coefficient (Wildman–Crippen LogP) is 2.38. The van der Waals surface area contributed by atoms with Gasteiger partial charge in [-0.05, 0) is 19.1 Å². The maximum Gasteiger partial charge on any atom is 0.306 e. The van der Waals surface area contributed by atoms with Crippen LogP contribution >= 0.6 is 0 Å². The molecule has 0 atom stereocenters. The molecular formula is C13H14O2. The maximum absolute atomic E-state index is 11.0. The molecule has 2 heteroatoms. The second kappa shape index (κ2) is 6.67. The van der Waals surface area contributed by atoms with Crippen molar-refractivity contribution in [2.45, 2.75) is 19.8 Å². The van der Waals surface area contributed by atoms with E-state index in [0.29, 0.717) is 19.4 Å². The fourth-order valence-corrected chi connectivity index (χ4v) is 1.08. The molecule has 1 aromatic rings. The van der Waals surface area contributed by atoms with E-state index in [4.69, 9.17) is 4.74 Å². The zero-order valence-corrected chi connectivity index (χ0v) is 8.82. The topological polar surface area (TPSA) is 26.3 Å². The minimum Gasteiger partial charge on any atom is -0.466 e. The lowest BCUT2D eigenvalue weighted by molar-refractivity contribution is -0.142. The van der Waals surface area contributed by atoms with Gasteiger partial charge in [-0.3, -0.25) is 4.79 Å². The molecule has 15 heavy (non-hydrogen) atoms. The van der Waals surface area contributed by atoms with Crippen LogP contribution in [0.25, 0.3) is 0 Å². The molecule has 0 saturated heterocycles. The lowest BCUT2D eigenvalue weighted by atomic mass is 10.2. The van der Waals surface area contributed by atoms with Gasteiger partial charge >= 0.3 is 5.97 Å². The molecule has 2 nitrogen and oxygen atoms in total. The summed E-state index contributed by atoms with van der Waals surface area (Å²) in [7, 11) is 0. The Bertz CT molecular complexity index is 357. The minimum atomic E-state index is -0.181. The average Bonchev–Trinajstić information content (AvgIpc) is 2.26. The summed E-state index contributed by atoms with van der Waals surface area (Å²) in [4.78, 5) is 11.0. The highest BCUT2D eigenvalue weighted by molar-refractivity contribution is 5.69. The smallest absolute Gasteiger partial charge is 0.306 e. The Morgan fingerprint density at radius 3 is 2.73 bits per heavy atom. The number of carbonyl (C=O) groups is 1. The molecular weight excluding hydrogens is 188 g/mol. The molecule has 0 aliphatic carbocycles. The molecule has 0 unspecified atom stereocenters.